The van der Waals surface area contributed by atoms with Crippen LogP contribution in [0.15, 0.2) is 0 Å². The largest absolute Gasteiger partial charge is 0.105 e. The summed E-state index contributed by atoms with van der Waals surface area (Å²) in [5.74, 6) is 1.99. The van der Waals surface area contributed by atoms with E-state index in [1.807, 2.05) is 0 Å². The van der Waals surface area contributed by atoms with Gasteiger partial charge in [0.15, 0.2) is 0 Å². The van der Waals surface area contributed by atoms with Gasteiger partial charge in [0.2, 0.25) is 0 Å². The number of rotatable bonds is 11. The minimum atomic E-state index is 0.641. The zero-order valence-corrected chi connectivity index (χ0v) is 17.0. The van der Waals surface area contributed by atoms with E-state index in [9.17, 15) is 0 Å². The molecule has 0 aromatic rings. The number of hydrogen-bond acceptors (Lipinski definition) is 0. The maximum absolute atomic E-state index is 2.67. The van der Waals surface area contributed by atoms with Crippen molar-refractivity contribution in [1.29, 1.82) is 0 Å². The first kappa shape index (κ1) is 21.1. The van der Waals surface area contributed by atoms with Crippen molar-refractivity contribution in [2.75, 3.05) is 0 Å². The van der Waals surface area contributed by atoms with E-state index in [-0.39, 0.29) is 0 Å². The highest BCUT2D eigenvalue weighted by Crippen LogP contribution is 2.45. The first-order chi connectivity index (χ1) is 11.1. The van der Waals surface area contributed by atoms with Crippen LogP contribution in [0.1, 0.15) is 124 Å². The van der Waals surface area contributed by atoms with Gasteiger partial charge < -0.3 is 0 Å². The Bertz CT molecular complexity index is 251. The van der Waals surface area contributed by atoms with E-state index in [1.54, 1.807) is 0 Å². The summed E-state index contributed by atoms with van der Waals surface area (Å²) in [6.07, 6.45) is 23.5. The molecule has 1 aliphatic rings. The molecule has 23 heavy (non-hydrogen) atoms. The lowest BCUT2D eigenvalue weighted by Gasteiger charge is -2.40. The van der Waals surface area contributed by atoms with Gasteiger partial charge in [-0.25, -0.2) is 0 Å². The Hall–Kier alpha value is 0.0649. The molecule has 0 N–H and O–H groups in total. The minimum absolute atomic E-state index is 0.641. The first-order valence-electron chi connectivity index (χ1n) is 11.1. The van der Waals surface area contributed by atoms with Crippen molar-refractivity contribution >= 4 is 7.85 Å². The van der Waals surface area contributed by atoms with Crippen molar-refractivity contribution in [1.82, 2.24) is 0 Å². The Morgan fingerprint density at radius 1 is 0.739 bits per heavy atom. The molecule has 0 bridgehead atoms. The summed E-state index contributed by atoms with van der Waals surface area (Å²) in [5.41, 5.74) is 0.641. The smallest absolute Gasteiger partial charge is 0.0697 e. The van der Waals surface area contributed by atoms with Gasteiger partial charge in [0, 0.05) is 0 Å². The van der Waals surface area contributed by atoms with Crippen molar-refractivity contribution in [3.05, 3.63) is 0 Å². The van der Waals surface area contributed by atoms with Crippen LogP contribution < -0.4 is 0 Å². The molecule has 0 amide bonds. The van der Waals surface area contributed by atoms with Crippen LogP contribution >= 0.6 is 0 Å². The molecule has 136 valence electrons. The third-order valence-electron chi connectivity index (χ3n) is 6.69. The van der Waals surface area contributed by atoms with E-state index >= 15 is 0 Å². The molecule has 0 nitrogen and oxygen atoms in total. The molecule has 1 aliphatic carbocycles. The average Bonchev–Trinajstić information content (AvgIpc) is 2.52. The van der Waals surface area contributed by atoms with E-state index in [0.717, 1.165) is 11.7 Å². The van der Waals surface area contributed by atoms with Gasteiger partial charge in [-0.15, -0.1) is 0 Å². The quantitative estimate of drug-likeness (QED) is 0.276. The maximum Gasteiger partial charge on any atom is 0.105 e. The fraction of sp³-hybridized carbons (Fsp3) is 1.00. The molecule has 1 saturated carbocycles. The third kappa shape index (κ3) is 8.64. The van der Waals surface area contributed by atoms with Crippen LogP contribution in [-0.2, 0) is 0 Å². The zero-order chi connectivity index (χ0) is 17.0. The fourth-order valence-corrected chi connectivity index (χ4v) is 4.86. The molecule has 0 aliphatic heterocycles. The standard InChI is InChI=1S/C22H45B/c1-4-6-8-10-18-22(3,19-11-9-7-5-2)20-14-12-16-21(23)17-13-15-20/h20-21H,4-19,23H2,1-3H3. The van der Waals surface area contributed by atoms with E-state index in [1.165, 1.54) is 103 Å². The van der Waals surface area contributed by atoms with Crippen LogP contribution in [0, 0.1) is 11.3 Å². The summed E-state index contributed by atoms with van der Waals surface area (Å²) < 4.78 is 0. The zero-order valence-electron chi connectivity index (χ0n) is 17.0. The number of hydrogen-bond donors (Lipinski definition) is 0. The molecule has 1 rings (SSSR count). The molecule has 0 saturated heterocycles. The maximum atomic E-state index is 2.67. The van der Waals surface area contributed by atoms with Gasteiger partial charge in [-0.05, 0) is 37.0 Å². The van der Waals surface area contributed by atoms with Gasteiger partial charge in [0.25, 0.3) is 0 Å². The summed E-state index contributed by atoms with van der Waals surface area (Å²) >= 11 is 0. The molecule has 0 unspecified atom stereocenters. The van der Waals surface area contributed by atoms with Gasteiger partial charge in [0.1, 0.15) is 7.85 Å². The van der Waals surface area contributed by atoms with Crippen LogP contribution in [0.4, 0.5) is 0 Å². The summed E-state index contributed by atoms with van der Waals surface area (Å²) in [5, 5.41) is 0. The summed E-state index contributed by atoms with van der Waals surface area (Å²) in [6.45, 7) is 7.33. The minimum Gasteiger partial charge on any atom is -0.0697 e. The lowest BCUT2D eigenvalue weighted by molar-refractivity contribution is 0.115. The van der Waals surface area contributed by atoms with Gasteiger partial charge in [-0.2, -0.15) is 0 Å². The Morgan fingerprint density at radius 2 is 1.22 bits per heavy atom. The third-order valence-corrected chi connectivity index (χ3v) is 6.69. The summed E-state index contributed by atoms with van der Waals surface area (Å²) in [4.78, 5) is 0. The SMILES string of the molecule is BC1CCCC(C(C)(CCCCCC)CCCCCC)CCC1. The van der Waals surface area contributed by atoms with Crippen molar-refractivity contribution < 1.29 is 0 Å². The van der Waals surface area contributed by atoms with E-state index < -0.39 is 0 Å². The summed E-state index contributed by atoms with van der Waals surface area (Å²) in [7, 11) is 2.47. The Balaban J connectivity index is 2.55. The average molecular weight is 320 g/mol. The van der Waals surface area contributed by atoms with Crippen LogP contribution in [0.2, 0.25) is 5.82 Å². The normalized spacial score (nSPS) is 23.4. The Morgan fingerprint density at radius 3 is 1.65 bits per heavy atom. The van der Waals surface area contributed by atoms with Crippen molar-refractivity contribution in [2.24, 2.45) is 11.3 Å². The van der Waals surface area contributed by atoms with Crippen LogP contribution in [0.5, 0.6) is 0 Å². The van der Waals surface area contributed by atoms with Gasteiger partial charge in [-0.3, -0.25) is 0 Å². The van der Waals surface area contributed by atoms with Gasteiger partial charge in [0.05, 0.1) is 0 Å². The molecule has 0 atom stereocenters. The Kier molecular flexibility index (Phi) is 11.4. The van der Waals surface area contributed by atoms with Crippen molar-refractivity contribution in [2.45, 2.75) is 129 Å². The molecule has 0 heterocycles. The van der Waals surface area contributed by atoms with E-state index in [2.05, 4.69) is 28.6 Å². The first-order valence-corrected chi connectivity index (χ1v) is 11.1. The fourth-order valence-electron chi connectivity index (χ4n) is 4.86. The van der Waals surface area contributed by atoms with Crippen LogP contribution in [-0.4, -0.2) is 7.85 Å². The second-order valence-corrected chi connectivity index (χ2v) is 8.94. The monoisotopic (exact) mass is 320 g/mol. The molecular formula is C22H45B. The molecule has 1 fully saturated rings. The predicted octanol–water partition coefficient (Wildman–Crippen LogP) is 7.33. The number of unbranched alkanes of at least 4 members (excludes halogenated alkanes) is 6. The topological polar surface area (TPSA) is 0 Å². The van der Waals surface area contributed by atoms with Gasteiger partial charge >= 0.3 is 0 Å². The molecule has 1 heteroatoms. The molecule has 0 aromatic carbocycles. The van der Waals surface area contributed by atoms with Crippen molar-refractivity contribution in [3.63, 3.8) is 0 Å². The highest BCUT2D eigenvalue weighted by atomic mass is 14.4. The highest BCUT2D eigenvalue weighted by Gasteiger charge is 2.33. The lowest BCUT2D eigenvalue weighted by atomic mass is 9.64. The molecule has 0 radical (unpaired) electrons. The molecular weight excluding hydrogens is 275 g/mol. The molecule has 0 spiro atoms. The second-order valence-electron chi connectivity index (χ2n) is 8.94. The molecule has 0 aromatic heterocycles. The predicted molar refractivity (Wildman–Crippen MR) is 109 cm³/mol. The lowest BCUT2D eigenvalue weighted by Crippen LogP contribution is -2.29. The van der Waals surface area contributed by atoms with E-state index in [0.29, 0.717) is 5.41 Å². The second kappa shape index (κ2) is 12.4. The highest BCUT2D eigenvalue weighted by molar-refractivity contribution is 6.11. The van der Waals surface area contributed by atoms with Crippen LogP contribution in [0.3, 0.4) is 0 Å². The van der Waals surface area contributed by atoms with Crippen molar-refractivity contribution in [3.8, 4) is 0 Å². The van der Waals surface area contributed by atoms with E-state index in [4.69, 9.17) is 0 Å². The van der Waals surface area contributed by atoms with Gasteiger partial charge in [-0.1, -0.05) is 104 Å². The summed E-state index contributed by atoms with van der Waals surface area (Å²) in [6, 6.07) is 0. The van der Waals surface area contributed by atoms with Crippen LogP contribution in [0.25, 0.3) is 0 Å². The Labute approximate surface area is 149 Å².